The predicted molar refractivity (Wildman–Crippen MR) is 53.8 cm³/mol. The second-order valence-corrected chi connectivity index (χ2v) is 3.08. The van der Waals surface area contributed by atoms with E-state index >= 15 is 0 Å². The van der Waals surface area contributed by atoms with E-state index in [4.69, 9.17) is 4.74 Å². The van der Waals surface area contributed by atoms with Gasteiger partial charge >= 0.3 is 5.97 Å². The van der Waals surface area contributed by atoms with Gasteiger partial charge in [-0.25, -0.2) is 0 Å². The van der Waals surface area contributed by atoms with E-state index in [9.17, 15) is 9.59 Å². The fourth-order valence-electron chi connectivity index (χ4n) is 1.09. The number of carbonyl (C=O) groups excluding carboxylic acids is 2. The third-order valence-corrected chi connectivity index (χ3v) is 1.91. The molecule has 82 valence electrons. The molecule has 4 nitrogen and oxygen atoms in total. The summed E-state index contributed by atoms with van der Waals surface area (Å²) in [6.45, 7) is 4.64. The van der Waals surface area contributed by atoms with E-state index in [1.807, 2.05) is 6.92 Å². The van der Waals surface area contributed by atoms with Crippen LogP contribution in [0.5, 0.6) is 0 Å². The molecule has 4 heteroatoms. The van der Waals surface area contributed by atoms with Crippen LogP contribution >= 0.6 is 0 Å². The molecule has 0 unspecified atom stereocenters. The molecule has 0 heterocycles. The van der Waals surface area contributed by atoms with E-state index < -0.39 is 0 Å². The molecule has 0 saturated carbocycles. The predicted octanol–water partition coefficient (Wildman–Crippen LogP) is 1.20. The first-order valence-electron chi connectivity index (χ1n) is 5.01. The molecule has 0 aliphatic heterocycles. The van der Waals surface area contributed by atoms with Crippen molar-refractivity contribution in [2.45, 2.75) is 33.1 Å². The van der Waals surface area contributed by atoms with Crippen molar-refractivity contribution in [3.05, 3.63) is 0 Å². The highest BCUT2D eigenvalue weighted by Gasteiger charge is 2.07. The Bertz CT molecular complexity index is 192. The summed E-state index contributed by atoms with van der Waals surface area (Å²) >= 11 is 0. The average molecular weight is 201 g/mol. The summed E-state index contributed by atoms with van der Waals surface area (Å²) in [6, 6.07) is 0. The van der Waals surface area contributed by atoms with Crippen LogP contribution in [0.3, 0.4) is 0 Å². The highest BCUT2D eigenvalue weighted by Crippen LogP contribution is 1.97. The normalized spacial score (nSPS) is 9.64. The van der Waals surface area contributed by atoms with Crippen LogP contribution in [0.1, 0.15) is 33.1 Å². The molecule has 0 fully saturated rings. The van der Waals surface area contributed by atoms with Gasteiger partial charge in [0.1, 0.15) is 0 Å². The molecule has 14 heavy (non-hydrogen) atoms. The van der Waals surface area contributed by atoms with Crippen LogP contribution in [0.25, 0.3) is 0 Å². The summed E-state index contributed by atoms with van der Waals surface area (Å²) in [5.74, 6) is -0.0845. The summed E-state index contributed by atoms with van der Waals surface area (Å²) < 4.78 is 4.77. The van der Waals surface area contributed by atoms with Crippen molar-refractivity contribution < 1.29 is 14.3 Å². The number of esters is 1. The second-order valence-electron chi connectivity index (χ2n) is 3.08. The zero-order valence-electron chi connectivity index (χ0n) is 9.21. The maximum Gasteiger partial charge on any atom is 0.305 e. The SMILES string of the molecule is CCOC(=O)CCCN(C)C(=O)CC. The van der Waals surface area contributed by atoms with Crippen molar-refractivity contribution in [2.75, 3.05) is 20.2 Å². The van der Waals surface area contributed by atoms with Gasteiger partial charge in [0, 0.05) is 26.4 Å². The molecule has 0 radical (unpaired) electrons. The third kappa shape index (κ3) is 5.56. The van der Waals surface area contributed by atoms with Crippen molar-refractivity contribution in [1.29, 1.82) is 0 Å². The zero-order valence-corrected chi connectivity index (χ0v) is 9.21. The standard InChI is InChI=1S/C10H19NO3/c1-4-9(12)11(3)8-6-7-10(13)14-5-2/h4-8H2,1-3H3. The first-order valence-corrected chi connectivity index (χ1v) is 5.01. The molecule has 0 aromatic heterocycles. The minimum Gasteiger partial charge on any atom is -0.466 e. The Morgan fingerprint density at radius 1 is 1.29 bits per heavy atom. The van der Waals surface area contributed by atoms with Crippen LogP contribution < -0.4 is 0 Å². The number of hydrogen-bond acceptors (Lipinski definition) is 3. The molecular weight excluding hydrogens is 182 g/mol. The Morgan fingerprint density at radius 3 is 2.43 bits per heavy atom. The van der Waals surface area contributed by atoms with Gasteiger partial charge < -0.3 is 9.64 Å². The average Bonchev–Trinajstić information content (AvgIpc) is 2.16. The molecule has 0 aliphatic rings. The molecule has 0 saturated heterocycles. The summed E-state index contributed by atoms with van der Waals surface area (Å²) in [5, 5.41) is 0. The van der Waals surface area contributed by atoms with Gasteiger partial charge in [-0.15, -0.1) is 0 Å². The highest BCUT2D eigenvalue weighted by molar-refractivity contribution is 5.75. The van der Waals surface area contributed by atoms with Gasteiger partial charge in [-0.1, -0.05) is 6.92 Å². The Labute approximate surface area is 85.2 Å². The van der Waals surface area contributed by atoms with E-state index in [-0.39, 0.29) is 11.9 Å². The fraction of sp³-hybridized carbons (Fsp3) is 0.800. The molecule has 0 rings (SSSR count). The molecular formula is C10H19NO3. The van der Waals surface area contributed by atoms with E-state index in [1.165, 1.54) is 0 Å². The number of carbonyl (C=O) groups is 2. The molecule has 0 aromatic carbocycles. The number of nitrogens with zero attached hydrogens (tertiary/aromatic N) is 1. The Hall–Kier alpha value is -1.06. The van der Waals surface area contributed by atoms with Crippen LogP contribution in [0.15, 0.2) is 0 Å². The van der Waals surface area contributed by atoms with Gasteiger partial charge in [0.05, 0.1) is 6.61 Å². The first kappa shape index (κ1) is 12.9. The second kappa shape index (κ2) is 7.35. The Morgan fingerprint density at radius 2 is 1.93 bits per heavy atom. The van der Waals surface area contributed by atoms with Crippen molar-refractivity contribution in [1.82, 2.24) is 4.90 Å². The van der Waals surface area contributed by atoms with Crippen LogP contribution in [0.2, 0.25) is 0 Å². The molecule has 1 amide bonds. The lowest BCUT2D eigenvalue weighted by Crippen LogP contribution is -2.27. The van der Waals surface area contributed by atoms with Crippen LogP contribution in [-0.2, 0) is 14.3 Å². The number of ether oxygens (including phenoxy) is 1. The smallest absolute Gasteiger partial charge is 0.305 e. The highest BCUT2D eigenvalue weighted by atomic mass is 16.5. The van der Waals surface area contributed by atoms with Gasteiger partial charge in [-0.2, -0.15) is 0 Å². The van der Waals surface area contributed by atoms with Gasteiger partial charge in [-0.3, -0.25) is 9.59 Å². The maximum absolute atomic E-state index is 11.1. The van der Waals surface area contributed by atoms with Gasteiger partial charge in [0.15, 0.2) is 0 Å². The minimum atomic E-state index is -0.190. The quantitative estimate of drug-likeness (QED) is 0.607. The Kier molecular flexibility index (Phi) is 6.80. The van der Waals surface area contributed by atoms with Crippen LogP contribution in [-0.4, -0.2) is 37.0 Å². The minimum absolute atomic E-state index is 0.105. The monoisotopic (exact) mass is 201 g/mol. The van der Waals surface area contributed by atoms with Crippen molar-refractivity contribution in [3.8, 4) is 0 Å². The summed E-state index contributed by atoms with van der Waals surface area (Å²) in [7, 11) is 1.75. The summed E-state index contributed by atoms with van der Waals surface area (Å²) in [4.78, 5) is 23.7. The zero-order chi connectivity index (χ0) is 11.0. The van der Waals surface area contributed by atoms with Crippen molar-refractivity contribution in [3.63, 3.8) is 0 Å². The lowest BCUT2D eigenvalue weighted by molar-refractivity contribution is -0.143. The van der Waals surface area contributed by atoms with Crippen LogP contribution in [0.4, 0.5) is 0 Å². The van der Waals surface area contributed by atoms with Gasteiger partial charge in [-0.05, 0) is 13.3 Å². The lowest BCUT2D eigenvalue weighted by atomic mass is 10.3. The molecule has 0 atom stereocenters. The summed E-state index contributed by atoms with van der Waals surface area (Å²) in [5.41, 5.74) is 0. The van der Waals surface area contributed by atoms with E-state index in [1.54, 1.807) is 18.9 Å². The first-order chi connectivity index (χ1) is 6.61. The third-order valence-electron chi connectivity index (χ3n) is 1.91. The van der Waals surface area contributed by atoms with Crippen molar-refractivity contribution >= 4 is 11.9 Å². The van der Waals surface area contributed by atoms with E-state index in [2.05, 4.69) is 0 Å². The van der Waals surface area contributed by atoms with Gasteiger partial charge in [0.2, 0.25) is 5.91 Å². The van der Waals surface area contributed by atoms with E-state index in [0.29, 0.717) is 32.4 Å². The molecule has 0 N–H and O–H groups in total. The van der Waals surface area contributed by atoms with Gasteiger partial charge in [0.25, 0.3) is 0 Å². The summed E-state index contributed by atoms with van der Waals surface area (Å²) in [6.07, 6.45) is 1.56. The molecule has 0 bridgehead atoms. The number of rotatable bonds is 6. The van der Waals surface area contributed by atoms with Crippen molar-refractivity contribution in [2.24, 2.45) is 0 Å². The number of amides is 1. The largest absolute Gasteiger partial charge is 0.466 e. The van der Waals surface area contributed by atoms with E-state index in [0.717, 1.165) is 0 Å². The number of hydrogen-bond donors (Lipinski definition) is 0. The molecule has 0 spiro atoms. The van der Waals surface area contributed by atoms with Crippen LogP contribution in [0, 0.1) is 0 Å². The molecule has 0 aliphatic carbocycles. The fourth-order valence-corrected chi connectivity index (χ4v) is 1.09. The molecule has 0 aromatic rings. The Balaban J connectivity index is 3.53. The lowest BCUT2D eigenvalue weighted by Gasteiger charge is -2.15. The topological polar surface area (TPSA) is 46.6 Å². The maximum atomic E-state index is 11.1.